The number of nitrogens with zero attached hydrogens (tertiary/aromatic N) is 1. The van der Waals surface area contributed by atoms with Gasteiger partial charge < -0.3 is 4.42 Å². The highest BCUT2D eigenvalue weighted by Gasteiger charge is 2.15. The number of pyridine rings is 1. The zero-order valence-corrected chi connectivity index (χ0v) is 13.3. The van der Waals surface area contributed by atoms with Crippen molar-refractivity contribution in [3.63, 3.8) is 0 Å². The Kier molecular flexibility index (Phi) is 2.74. The van der Waals surface area contributed by atoms with Gasteiger partial charge in [0.05, 0.1) is 5.69 Å². The summed E-state index contributed by atoms with van der Waals surface area (Å²) in [6, 6.07) is 23.0. The number of hydrogen-bond donors (Lipinski definition) is 0. The zero-order chi connectivity index (χ0) is 16.1. The van der Waals surface area contributed by atoms with E-state index in [0.717, 1.165) is 33.2 Å². The van der Waals surface area contributed by atoms with E-state index >= 15 is 0 Å². The van der Waals surface area contributed by atoms with Gasteiger partial charge in [0.1, 0.15) is 11.2 Å². The molecule has 0 aliphatic heterocycles. The third-order valence-corrected chi connectivity index (χ3v) is 4.64. The molecule has 24 heavy (non-hydrogen) atoms. The first-order valence-electron chi connectivity index (χ1n) is 8.07. The van der Waals surface area contributed by atoms with Crippen LogP contribution in [-0.4, -0.2) is 4.98 Å². The largest absolute Gasteiger partial charge is 0.455 e. The topological polar surface area (TPSA) is 26.0 Å². The van der Waals surface area contributed by atoms with Gasteiger partial charge in [-0.15, -0.1) is 0 Å². The van der Waals surface area contributed by atoms with Crippen molar-refractivity contribution in [1.82, 2.24) is 4.98 Å². The Hall–Kier alpha value is -3.13. The normalized spacial score (nSPS) is 11.5. The highest BCUT2D eigenvalue weighted by atomic mass is 16.3. The summed E-state index contributed by atoms with van der Waals surface area (Å²) in [5.41, 5.74) is 5.04. The van der Waals surface area contributed by atoms with E-state index in [2.05, 4.69) is 60.4 Å². The minimum atomic E-state index is 0.916. The number of benzene rings is 3. The van der Waals surface area contributed by atoms with E-state index in [0.29, 0.717) is 0 Å². The number of fused-ring (bicyclic) bond motifs is 4. The van der Waals surface area contributed by atoms with Gasteiger partial charge in [-0.2, -0.15) is 0 Å². The van der Waals surface area contributed by atoms with Crippen LogP contribution in [0.5, 0.6) is 0 Å². The Morgan fingerprint density at radius 3 is 2.38 bits per heavy atom. The average molecular weight is 309 g/mol. The predicted octanol–water partition coefficient (Wildman–Crippen LogP) is 6.11. The van der Waals surface area contributed by atoms with Crippen molar-refractivity contribution in [3.05, 3.63) is 78.5 Å². The van der Waals surface area contributed by atoms with Crippen molar-refractivity contribution in [2.75, 3.05) is 0 Å². The third kappa shape index (κ3) is 1.86. The Morgan fingerprint density at radius 1 is 0.792 bits per heavy atom. The van der Waals surface area contributed by atoms with Gasteiger partial charge in [-0.3, -0.25) is 4.98 Å². The van der Waals surface area contributed by atoms with E-state index in [-0.39, 0.29) is 0 Å². The molecule has 0 unspecified atom stereocenters. The molecule has 5 rings (SSSR count). The van der Waals surface area contributed by atoms with Crippen LogP contribution < -0.4 is 0 Å². The average Bonchev–Trinajstić information content (AvgIpc) is 2.97. The summed E-state index contributed by atoms with van der Waals surface area (Å²) < 4.78 is 6.29. The van der Waals surface area contributed by atoms with Crippen molar-refractivity contribution in [2.24, 2.45) is 0 Å². The summed E-state index contributed by atoms with van der Waals surface area (Å²) in [4.78, 5) is 4.53. The van der Waals surface area contributed by atoms with Crippen LogP contribution >= 0.6 is 0 Å². The monoisotopic (exact) mass is 309 g/mol. The number of aryl methyl sites for hydroxylation is 1. The van der Waals surface area contributed by atoms with E-state index in [1.165, 1.54) is 16.3 Å². The van der Waals surface area contributed by atoms with Crippen LogP contribution in [0.15, 0.2) is 77.3 Å². The van der Waals surface area contributed by atoms with Crippen LogP contribution in [0, 0.1) is 6.92 Å². The molecule has 0 aliphatic rings. The Balaban J connectivity index is 1.94. The minimum Gasteiger partial charge on any atom is -0.455 e. The molecule has 2 heteroatoms. The molecular weight excluding hydrogens is 294 g/mol. The first-order chi connectivity index (χ1) is 11.8. The van der Waals surface area contributed by atoms with E-state index in [9.17, 15) is 0 Å². The molecule has 3 aromatic carbocycles. The van der Waals surface area contributed by atoms with Gasteiger partial charge in [0, 0.05) is 22.5 Å². The molecule has 0 amide bonds. The maximum Gasteiger partial charge on any atom is 0.145 e. The molecule has 0 aliphatic carbocycles. The van der Waals surface area contributed by atoms with Crippen LogP contribution in [0.25, 0.3) is 44.0 Å². The second-order valence-electron chi connectivity index (χ2n) is 6.15. The summed E-state index contributed by atoms with van der Waals surface area (Å²) in [5.74, 6) is 0. The molecule has 0 bridgehead atoms. The first kappa shape index (κ1) is 13.3. The molecule has 0 spiro atoms. The fourth-order valence-corrected chi connectivity index (χ4v) is 3.45. The van der Waals surface area contributed by atoms with Crippen molar-refractivity contribution in [3.8, 4) is 11.3 Å². The van der Waals surface area contributed by atoms with E-state index in [4.69, 9.17) is 4.42 Å². The molecule has 114 valence electrons. The summed E-state index contributed by atoms with van der Waals surface area (Å²) >= 11 is 0. The fourth-order valence-electron chi connectivity index (χ4n) is 3.45. The number of hydrogen-bond acceptors (Lipinski definition) is 2. The Bertz CT molecular complexity index is 1200. The maximum absolute atomic E-state index is 6.29. The van der Waals surface area contributed by atoms with Crippen molar-refractivity contribution >= 4 is 32.7 Å². The van der Waals surface area contributed by atoms with Gasteiger partial charge in [-0.05, 0) is 47.5 Å². The second-order valence-corrected chi connectivity index (χ2v) is 6.15. The molecule has 0 fully saturated rings. The van der Waals surface area contributed by atoms with E-state index in [1.54, 1.807) is 0 Å². The molecule has 2 heterocycles. The van der Waals surface area contributed by atoms with E-state index < -0.39 is 0 Å². The van der Waals surface area contributed by atoms with Crippen LogP contribution in [0.4, 0.5) is 0 Å². The van der Waals surface area contributed by atoms with Gasteiger partial charge in [-0.25, -0.2) is 0 Å². The Morgan fingerprint density at radius 2 is 1.58 bits per heavy atom. The predicted molar refractivity (Wildman–Crippen MR) is 99.2 cm³/mol. The SMILES string of the molecule is Cc1ccc2c(oc3cc4ccccc4cc32)c1-c1ccccn1. The van der Waals surface area contributed by atoms with E-state index in [1.807, 2.05) is 24.4 Å². The van der Waals surface area contributed by atoms with Crippen molar-refractivity contribution in [2.45, 2.75) is 6.92 Å². The van der Waals surface area contributed by atoms with Crippen LogP contribution in [-0.2, 0) is 0 Å². The number of rotatable bonds is 1. The molecule has 0 radical (unpaired) electrons. The van der Waals surface area contributed by atoms with Gasteiger partial charge in [0.15, 0.2) is 0 Å². The lowest BCUT2D eigenvalue weighted by atomic mass is 10.00. The minimum absolute atomic E-state index is 0.916. The lowest BCUT2D eigenvalue weighted by molar-refractivity contribution is 0.670. The Labute approximate surface area is 139 Å². The van der Waals surface area contributed by atoms with Crippen molar-refractivity contribution in [1.29, 1.82) is 0 Å². The van der Waals surface area contributed by atoms with Gasteiger partial charge >= 0.3 is 0 Å². The molecule has 0 N–H and O–H groups in total. The zero-order valence-electron chi connectivity index (χ0n) is 13.3. The molecule has 0 saturated carbocycles. The highest BCUT2D eigenvalue weighted by Crippen LogP contribution is 2.38. The van der Waals surface area contributed by atoms with Crippen LogP contribution in [0.3, 0.4) is 0 Å². The molecule has 2 nitrogen and oxygen atoms in total. The highest BCUT2D eigenvalue weighted by molar-refractivity contribution is 6.13. The summed E-state index contributed by atoms with van der Waals surface area (Å²) in [7, 11) is 0. The summed E-state index contributed by atoms with van der Waals surface area (Å²) in [5, 5.41) is 4.72. The summed E-state index contributed by atoms with van der Waals surface area (Å²) in [6.07, 6.45) is 1.82. The standard InChI is InChI=1S/C22H15NO/c1-14-9-10-17-18-12-15-6-2-3-7-16(15)13-20(18)24-22(17)21(14)19-8-4-5-11-23-19/h2-13H,1H3. The molecular formula is C22H15NO. The van der Waals surface area contributed by atoms with Crippen LogP contribution in [0.2, 0.25) is 0 Å². The lowest BCUT2D eigenvalue weighted by Gasteiger charge is -2.05. The lowest BCUT2D eigenvalue weighted by Crippen LogP contribution is -1.86. The number of aromatic nitrogens is 1. The smallest absolute Gasteiger partial charge is 0.145 e. The van der Waals surface area contributed by atoms with Crippen LogP contribution in [0.1, 0.15) is 5.56 Å². The fraction of sp³-hybridized carbons (Fsp3) is 0.0455. The molecule has 0 saturated heterocycles. The van der Waals surface area contributed by atoms with Gasteiger partial charge in [0.2, 0.25) is 0 Å². The van der Waals surface area contributed by atoms with Gasteiger partial charge in [0.25, 0.3) is 0 Å². The quantitative estimate of drug-likeness (QED) is 0.373. The molecule has 2 aromatic heterocycles. The van der Waals surface area contributed by atoms with Crippen molar-refractivity contribution < 1.29 is 4.42 Å². The third-order valence-electron chi connectivity index (χ3n) is 4.64. The number of furan rings is 1. The molecule has 5 aromatic rings. The molecule has 0 atom stereocenters. The first-order valence-corrected chi connectivity index (χ1v) is 8.07. The van der Waals surface area contributed by atoms with Gasteiger partial charge in [-0.1, -0.05) is 42.5 Å². The second kappa shape index (κ2) is 4.93. The summed E-state index contributed by atoms with van der Waals surface area (Å²) in [6.45, 7) is 2.10. The maximum atomic E-state index is 6.29.